The minimum Gasteiger partial charge on any atom is -0.309 e. The van der Waals surface area contributed by atoms with Crippen LogP contribution >= 0.6 is 0 Å². The molecule has 1 nitrogen and oxygen atoms in total. The summed E-state index contributed by atoms with van der Waals surface area (Å²) in [7, 11) is 0. The van der Waals surface area contributed by atoms with Gasteiger partial charge in [0.25, 0.3) is 0 Å². The van der Waals surface area contributed by atoms with E-state index in [0.29, 0.717) is 11.1 Å². The van der Waals surface area contributed by atoms with Crippen molar-refractivity contribution in [2.24, 2.45) is 0 Å². The SMILES string of the molecule is Cc1cc(CNCc2c(C)cccc2C)cc(C)c1F. The van der Waals surface area contributed by atoms with Gasteiger partial charge in [-0.05, 0) is 61.1 Å². The van der Waals surface area contributed by atoms with E-state index in [4.69, 9.17) is 0 Å². The third-order valence-electron chi connectivity index (χ3n) is 3.77. The summed E-state index contributed by atoms with van der Waals surface area (Å²) in [5, 5.41) is 3.45. The van der Waals surface area contributed by atoms with Crippen molar-refractivity contribution in [3.63, 3.8) is 0 Å². The number of hydrogen-bond donors (Lipinski definition) is 1. The van der Waals surface area contributed by atoms with E-state index in [9.17, 15) is 4.39 Å². The van der Waals surface area contributed by atoms with Crippen LogP contribution in [-0.4, -0.2) is 0 Å². The fraction of sp³-hybridized carbons (Fsp3) is 0.333. The van der Waals surface area contributed by atoms with Crippen molar-refractivity contribution >= 4 is 0 Å². The van der Waals surface area contributed by atoms with E-state index in [1.54, 1.807) is 0 Å². The normalized spacial score (nSPS) is 10.8. The molecule has 0 bridgehead atoms. The Labute approximate surface area is 120 Å². The maximum Gasteiger partial charge on any atom is 0.129 e. The van der Waals surface area contributed by atoms with Gasteiger partial charge in [-0.15, -0.1) is 0 Å². The van der Waals surface area contributed by atoms with Crippen molar-refractivity contribution in [3.8, 4) is 0 Å². The summed E-state index contributed by atoms with van der Waals surface area (Å²) in [6.07, 6.45) is 0. The fourth-order valence-electron chi connectivity index (χ4n) is 2.60. The molecule has 0 saturated heterocycles. The van der Waals surface area contributed by atoms with Gasteiger partial charge in [0, 0.05) is 13.1 Å². The zero-order valence-electron chi connectivity index (χ0n) is 12.7. The van der Waals surface area contributed by atoms with Gasteiger partial charge in [0.15, 0.2) is 0 Å². The van der Waals surface area contributed by atoms with Crippen LogP contribution in [0.5, 0.6) is 0 Å². The average molecular weight is 271 g/mol. The second kappa shape index (κ2) is 6.19. The molecule has 0 saturated carbocycles. The van der Waals surface area contributed by atoms with Crippen LogP contribution < -0.4 is 5.32 Å². The van der Waals surface area contributed by atoms with Crippen molar-refractivity contribution in [2.75, 3.05) is 0 Å². The molecule has 0 radical (unpaired) electrons. The summed E-state index contributed by atoms with van der Waals surface area (Å²) < 4.78 is 13.6. The first-order chi connectivity index (χ1) is 9.49. The highest BCUT2D eigenvalue weighted by atomic mass is 19.1. The van der Waals surface area contributed by atoms with Crippen LogP contribution in [0.1, 0.15) is 33.4 Å². The van der Waals surface area contributed by atoms with Crippen molar-refractivity contribution in [1.29, 1.82) is 0 Å². The number of nitrogens with one attached hydrogen (secondary N) is 1. The van der Waals surface area contributed by atoms with Crippen molar-refractivity contribution in [1.82, 2.24) is 5.32 Å². The van der Waals surface area contributed by atoms with E-state index in [0.717, 1.165) is 18.7 Å². The van der Waals surface area contributed by atoms with Gasteiger partial charge in [0.2, 0.25) is 0 Å². The van der Waals surface area contributed by atoms with Crippen molar-refractivity contribution in [3.05, 3.63) is 69.5 Å². The van der Waals surface area contributed by atoms with Crippen LogP contribution in [0.3, 0.4) is 0 Å². The van der Waals surface area contributed by atoms with Crippen LogP contribution in [0.15, 0.2) is 30.3 Å². The van der Waals surface area contributed by atoms with Crippen LogP contribution in [0.2, 0.25) is 0 Å². The van der Waals surface area contributed by atoms with Gasteiger partial charge < -0.3 is 5.32 Å². The summed E-state index contributed by atoms with van der Waals surface area (Å²) in [5.74, 6) is -0.0940. The van der Waals surface area contributed by atoms with E-state index in [2.05, 4.69) is 37.4 Å². The number of halogens is 1. The minimum absolute atomic E-state index is 0.0940. The highest BCUT2D eigenvalue weighted by molar-refractivity contribution is 5.34. The number of rotatable bonds is 4. The van der Waals surface area contributed by atoms with Gasteiger partial charge >= 0.3 is 0 Å². The molecule has 2 aromatic carbocycles. The molecule has 20 heavy (non-hydrogen) atoms. The van der Waals surface area contributed by atoms with E-state index < -0.39 is 0 Å². The summed E-state index contributed by atoms with van der Waals surface area (Å²) in [5.41, 5.74) is 6.53. The molecule has 0 aliphatic rings. The smallest absolute Gasteiger partial charge is 0.129 e. The number of aryl methyl sites for hydroxylation is 4. The number of hydrogen-bond acceptors (Lipinski definition) is 1. The van der Waals surface area contributed by atoms with Crippen LogP contribution in [0, 0.1) is 33.5 Å². The quantitative estimate of drug-likeness (QED) is 0.871. The number of benzene rings is 2. The summed E-state index contributed by atoms with van der Waals surface area (Å²) in [6.45, 7) is 9.50. The molecule has 0 unspecified atom stereocenters. The molecule has 0 aliphatic heterocycles. The topological polar surface area (TPSA) is 12.0 Å². The molecule has 0 fully saturated rings. The minimum atomic E-state index is -0.0940. The Hall–Kier alpha value is -1.67. The van der Waals surface area contributed by atoms with Gasteiger partial charge in [-0.1, -0.05) is 30.3 Å². The Kier molecular flexibility index (Phi) is 4.56. The second-order valence-corrected chi connectivity index (χ2v) is 5.52. The second-order valence-electron chi connectivity index (χ2n) is 5.52. The van der Waals surface area contributed by atoms with Gasteiger partial charge in [-0.25, -0.2) is 4.39 Å². The lowest BCUT2D eigenvalue weighted by molar-refractivity contribution is 0.606. The van der Waals surface area contributed by atoms with Crippen LogP contribution in [0.25, 0.3) is 0 Å². The Bertz CT molecular complexity index is 574. The molecule has 0 heterocycles. The molecular weight excluding hydrogens is 249 g/mol. The standard InChI is InChI=1S/C18H22FN/c1-12-6-5-7-13(2)17(12)11-20-10-16-8-14(3)18(19)15(4)9-16/h5-9,20H,10-11H2,1-4H3. The summed E-state index contributed by atoms with van der Waals surface area (Å²) in [6, 6.07) is 10.2. The third kappa shape index (κ3) is 3.26. The average Bonchev–Trinajstić information content (AvgIpc) is 2.39. The summed E-state index contributed by atoms with van der Waals surface area (Å²) in [4.78, 5) is 0. The predicted octanol–water partition coefficient (Wildman–Crippen LogP) is 4.35. The lowest BCUT2D eigenvalue weighted by Gasteiger charge is -2.12. The highest BCUT2D eigenvalue weighted by Crippen LogP contribution is 2.16. The molecule has 0 atom stereocenters. The predicted molar refractivity (Wildman–Crippen MR) is 82.3 cm³/mol. The molecule has 2 rings (SSSR count). The molecule has 0 spiro atoms. The Morgan fingerprint density at radius 3 is 1.95 bits per heavy atom. The van der Waals surface area contributed by atoms with E-state index in [-0.39, 0.29) is 5.82 Å². The molecule has 2 heteroatoms. The molecule has 0 aliphatic carbocycles. The highest BCUT2D eigenvalue weighted by Gasteiger charge is 2.05. The zero-order chi connectivity index (χ0) is 14.7. The maximum absolute atomic E-state index is 13.6. The van der Waals surface area contributed by atoms with E-state index >= 15 is 0 Å². The largest absolute Gasteiger partial charge is 0.309 e. The first-order valence-corrected chi connectivity index (χ1v) is 7.00. The van der Waals surface area contributed by atoms with Gasteiger partial charge in [-0.2, -0.15) is 0 Å². The molecule has 1 N–H and O–H groups in total. The van der Waals surface area contributed by atoms with Crippen molar-refractivity contribution in [2.45, 2.75) is 40.8 Å². The zero-order valence-corrected chi connectivity index (χ0v) is 12.7. The first-order valence-electron chi connectivity index (χ1n) is 7.00. The molecule has 106 valence electrons. The molecule has 0 aromatic heterocycles. The summed E-state index contributed by atoms with van der Waals surface area (Å²) >= 11 is 0. The molecule has 2 aromatic rings. The lowest BCUT2D eigenvalue weighted by atomic mass is 10.0. The van der Waals surface area contributed by atoms with Crippen LogP contribution in [-0.2, 0) is 13.1 Å². The van der Waals surface area contributed by atoms with Gasteiger partial charge in [-0.3, -0.25) is 0 Å². The van der Waals surface area contributed by atoms with Crippen LogP contribution in [0.4, 0.5) is 4.39 Å². The fourth-order valence-corrected chi connectivity index (χ4v) is 2.60. The van der Waals surface area contributed by atoms with Crippen molar-refractivity contribution < 1.29 is 4.39 Å². The lowest BCUT2D eigenvalue weighted by Crippen LogP contribution is -2.15. The molecule has 0 amide bonds. The maximum atomic E-state index is 13.6. The Morgan fingerprint density at radius 1 is 0.850 bits per heavy atom. The first kappa shape index (κ1) is 14.7. The van der Waals surface area contributed by atoms with E-state index in [1.807, 2.05) is 26.0 Å². The van der Waals surface area contributed by atoms with E-state index in [1.165, 1.54) is 16.7 Å². The Morgan fingerprint density at radius 2 is 1.40 bits per heavy atom. The third-order valence-corrected chi connectivity index (χ3v) is 3.77. The molecular formula is C18H22FN. The Balaban J connectivity index is 2.03. The monoisotopic (exact) mass is 271 g/mol. The van der Waals surface area contributed by atoms with Gasteiger partial charge in [0.05, 0.1) is 0 Å². The van der Waals surface area contributed by atoms with Gasteiger partial charge in [0.1, 0.15) is 5.82 Å².